The SMILES string of the molecule is COc1cc2oc(C)c(C)c2cc1/C(C)=C/C(=O)Nc1cccc(NS(C)(=O)=O)c1. The first-order valence-corrected chi connectivity index (χ1v) is 11.1. The van der Waals surface area contributed by atoms with E-state index < -0.39 is 10.0 Å². The van der Waals surface area contributed by atoms with Gasteiger partial charge in [-0.2, -0.15) is 0 Å². The van der Waals surface area contributed by atoms with Crippen LogP contribution in [0.15, 0.2) is 46.9 Å². The number of rotatable bonds is 6. The van der Waals surface area contributed by atoms with Gasteiger partial charge in [-0.25, -0.2) is 8.42 Å². The third-order valence-electron chi connectivity index (χ3n) is 4.70. The second-order valence-electron chi connectivity index (χ2n) is 7.10. The van der Waals surface area contributed by atoms with E-state index >= 15 is 0 Å². The van der Waals surface area contributed by atoms with Crippen molar-refractivity contribution >= 4 is 43.8 Å². The van der Waals surface area contributed by atoms with E-state index in [4.69, 9.17) is 9.15 Å². The van der Waals surface area contributed by atoms with Crippen LogP contribution in [0.2, 0.25) is 0 Å². The second-order valence-corrected chi connectivity index (χ2v) is 8.85. The summed E-state index contributed by atoms with van der Waals surface area (Å²) in [5.74, 6) is 1.11. The molecule has 0 saturated carbocycles. The van der Waals surface area contributed by atoms with Crippen LogP contribution in [0.1, 0.15) is 23.8 Å². The van der Waals surface area contributed by atoms with E-state index in [1.807, 2.05) is 32.9 Å². The number of carbonyl (C=O) groups is 1. The summed E-state index contributed by atoms with van der Waals surface area (Å²) in [5.41, 5.74) is 4.13. The zero-order chi connectivity index (χ0) is 22.1. The minimum atomic E-state index is -3.40. The molecule has 0 atom stereocenters. The van der Waals surface area contributed by atoms with Crippen LogP contribution in [-0.2, 0) is 14.8 Å². The molecular formula is C22H24N2O5S. The number of nitrogens with one attached hydrogen (secondary N) is 2. The van der Waals surface area contributed by atoms with Gasteiger partial charge in [-0.3, -0.25) is 9.52 Å². The molecule has 0 saturated heterocycles. The zero-order valence-corrected chi connectivity index (χ0v) is 18.3. The van der Waals surface area contributed by atoms with Crippen molar-refractivity contribution in [2.75, 3.05) is 23.4 Å². The summed E-state index contributed by atoms with van der Waals surface area (Å²) in [4.78, 5) is 12.5. The number of anilines is 2. The standard InChI is InChI=1S/C22H24N2O5S/c1-13(18-11-19-14(2)15(3)29-21(19)12-20(18)28-4)9-22(25)23-16-7-6-8-17(10-16)24-30(5,26)27/h6-12,24H,1-5H3,(H,23,25)/b13-9+. The molecule has 1 amide bonds. The molecule has 7 nitrogen and oxygen atoms in total. The van der Waals surface area contributed by atoms with Gasteiger partial charge in [0, 0.05) is 28.8 Å². The van der Waals surface area contributed by atoms with Crippen molar-refractivity contribution in [3.63, 3.8) is 0 Å². The number of hydrogen-bond acceptors (Lipinski definition) is 5. The van der Waals surface area contributed by atoms with Gasteiger partial charge in [0.25, 0.3) is 0 Å². The Kier molecular flexibility index (Phi) is 5.89. The van der Waals surface area contributed by atoms with Gasteiger partial charge < -0.3 is 14.5 Å². The summed E-state index contributed by atoms with van der Waals surface area (Å²) < 4.78 is 36.4. The minimum absolute atomic E-state index is 0.341. The number of ether oxygens (including phenoxy) is 1. The molecule has 3 rings (SSSR count). The number of methoxy groups -OCH3 is 1. The molecule has 0 fully saturated rings. The van der Waals surface area contributed by atoms with Crippen LogP contribution in [0, 0.1) is 13.8 Å². The van der Waals surface area contributed by atoms with E-state index in [1.165, 1.54) is 6.08 Å². The number of allylic oxidation sites excluding steroid dienone is 1. The number of sulfonamides is 1. The molecule has 2 aromatic carbocycles. The molecule has 0 aliphatic heterocycles. The Balaban J connectivity index is 1.87. The molecule has 8 heteroatoms. The molecular weight excluding hydrogens is 404 g/mol. The molecule has 1 heterocycles. The first kappa shape index (κ1) is 21.4. The Morgan fingerprint density at radius 2 is 1.83 bits per heavy atom. The number of furan rings is 1. The van der Waals surface area contributed by atoms with Crippen molar-refractivity contribution < 1.29 is 22.4 Å². The molecule has 3 aromatic rings. The third-order valence-corrected chi connectivity index (χ3v) is 5.31. The predicted molar refractivity (Wildman–Crippen MR) is 119 cm³/mol. The Morgan fingerprint density at radius 3 is 2.50 bits per heavy atom. The molecule has 158 valence electrons. The topological polar surface area (TPSA) is 97.6 Å². The van der Waals surface area contributed by atoms with Gasteiger partial charge in [0.2, 0.25) is 15.9 Å². The number of hydrogen-bond donors (Lipinski definition) is 2. The smallest absolute Gasteiger partial charge is 0.248 e. The zero-order valence-electron chi connectivity index (χ0n) is 17.5. The number of benzene rings is 2. The molecule has 30 heavy (non-hydrogen) atoms. The Bertz CT molecular complexity index is 1260. The van der Waals surface area contributed by atoms with Crippen molar-refractivity contribution in [1.82, 2.24) is 0 Å². The van der Waals surface area contributed by atoms with E-state index in [9.17, 15) is 13.2 Å². The number of amides is 1. The van der Waals surface area contributed by atoms with Gasteiger partial charge in [-0.05, 0) is 56.2 Å². The summed E-state index contributed by atoms with van der Waals surface area (Å²) in [6, 6.07) is 10.3. The van der Waals surface area contributed by atoms with Crippen molar-refractivity contribution in [2.45, 2.75) is 20.8 Å². The Labute approximate surface area is 175 Å². The molecule has 0 spiro atoms. The van der Waals surface area contributed by atoms with Gasteiger partial charge in [0.15, 0.2) is 0 Å². The molecule has 2 N–H and O–H groups in total. The summed E-state index contributed by atoms with van der Waals surface area (Å²) in [6.07, 6.45) is 2.54. The van der Waals surface area contributed by atoms with Crippen molar-refractivity contribution in [1.29, 1.82) is 0 Å². The van der Waals surface area contributed by atoms with Gasteiger partial charge in [0.05, 0.1) is 19.1 Å². The molecule has 0 bridgehead atoms. The molecule has 0 aliphatic carbocycles. The first-order chi connectivity index (χ1) is 14.1. The van der Waals surface area contributed by atoms with Crippen LogP contribution >= 0.6 is 0 Å². The molecule has 0 radical (unpaired) electrons. The average molecular weight is 429 g/mol. The number of aryl methyl sites for hydroxylation is 2. The third kappa shape index (κ3) is 4.83. The first-order valence-electron chi connectivity index (χ1n) is 9.22. The lowest BCUT2D eigenvalue weighted by Gasteiger charge is -2.10. The van der Waals surface area contributed by atoms with Gasteiger partial charge in [-0.15, -0.1) is 0 Å². The van der Waals surface area contributed by atoms with Gasteiger partial charge in [-0.1, -0.05) is 6.07 Å². The van der Waals surface area contributed by atoms with E-state index in [-0.39, 0.29) is 5.91 Å². The number of fused-ring (bicyclic) bond motifs is 1. The number of carbonyl (C=O) groups excluding carboxylic acids is 1. The van der Waals surface area contributed by atoms with Gasteiger partial charge in [0.1, 0.15) is 17.1 Å². The highest BCUT2D eigenvalue weighted by molar-refractivity contribution is 7.92. The normalized spacial score (nSPS) is 12.1. The van der Waals surface area contributed by atoms with Crippen molar-refractivity contribution in [3.05, 3.63) is 59.4 Å². The van der Waals surface area contributed by atoms with E-state index in [2.05, 4.69) is 10.0 Å². The quantitative estimate of drug-likeness (QED) is 0.565. The van der Waals surface area contributed by atoms with Crippen LogP contribution < -0.4 is 14.8 Å². The maximum atomic E-state index is 12.5. The van der Waals surface area contributed by atoms with E-state index in [0.717, 1.165) is 39.7 Å². The van der Waals surface area contributed by atoms with Crippen LogP contribution in [-0.4, -0.2) is 27.7 Å². The minimum Gasteiger partial charge on any atom is -0.496 e. The Morgan fingerprint density at radius 1 is 1.13 bits per heavy atom. The maximum Gasteiger partial charge on any atom is 0.248 e. The summed E-state index contributed by atoms with van der Waals surface area (Å²) in [5, 5.41) is 3.72. The summed E-state index contributed by atoms with van der Waals surface area (Å²) >= 11 is 0. The highest BCUT2D eigenvalue weighted by Gasteiger charge is 2.14. The lowest BCUT2D eigenvalue weighted by molar-refractivity contribution is -0.111. The monoisotopic (exact) mass is 428 g/mol. The van der Waals surface area contributed by atoms with Crippen LogP contribution in [0.5, 0.6) is 5.75 Å². The summed E-state index contributed by atoms with van der Waals surface area (Å²) in [7, 11) is -1.83. The molecule has 0 aliphatic rings. The largest absolute Gasteiger partial charge is 0.496 e. The van der Waals surface area contributed by atoms with Crippen LogP contribution in [0.3, 0.4) is 0 Å². The molecule has 1 aromatic heterocycles. The van der Waals surface area contributed by atoms with Crippen molar-refractivity contribution in [3.8, 4) is 5.75 Å². The molecule has 0 unspecified atom stereocenters. The fourth-order valence-corrected chi connectivity index (χ4v) is 3.73. The fourth-order valence-electron chi connectivity index (χ4n) is 3.17. The lowest BCUT2D eigenvalue weighted by atomic mass is 10.0. The average Bonchev–Trinajstić information content (AvgIpc) is 2.92. The van der Waals surface area contributed by atoms with E-state index in [1.54, 1.807) is 31.4 Å². The highest BCUT2D eigenvalue weighted by Crippen LogP contribution is 2.34. The maximum absolute atomic E-state index is 12.5. The van der Waals surface area contributed by atoms with Crippen LogP contribution in [0.25, 0.3) is 16.5 Å². The lowest BCUT2D eigenvalue weighted by Crippen LogP contribution is -2.11. The highest BCUT2D eigenvalue weighted by atomic mass is 32.2. The Hall–Kier alpha value is -3.26. The van der Waals surface area contributed by atoms with Gasteiger partial charge >= 0.3 is 0 Å². The predicted octanol–water partition coefficient (Wildman–Crippen LogP) is 4.47. The fraction of sp³-hybridized carbons (Fsp3) is 0.227. The second kappa shape index (κ2) is 8.23. The van der Waals surface area contributed by atoms with E-state index in [0.29, 0.717) is 17.1 Å². The van der Waals surface area contributed by atoms with Crippen molar-refractivity contribution in [2.24, 2.45) is 0 Å². The summed E-state index contributed by atoms with van der Waals surface area (Å²) in [6.45, 7) is 5.72. The van der Waals surface area contributed by atoms with Crippen LogP contribution in [0.4, 0.5) is 11.4 Å².